The van der Waals surface area contributed by atoms with E-state index in [0.29, 0.717) is 0 Å². The van der Waals surface area contributed by atoms with Crippen LogP contribution in [0.5, 0.6) is 0 Å². The van der Waals surface area contributed by atoms with Crippen LogP contribution < -0.4 is 5.32 Å². The van der Waals surface area contributed by atoms with Gasteiger partial charge in [-0.1, -0.05) is 18.2 Å². The molecule has 0 fully saturated rings. The minimum absolute atomic E-state index is 0.0525. The van der Waals surface area contributed by atoms with Crippen LogP contribution in [0.25, 0.3) is 0 Å². The Morgan fingerprint density at radius 3 is 2.53 bits per heavy atom. The molecule has 1 aromatic rings. The van der Waals surface area contributed by atoms with Crippen molar-refractivity contribution in [2.24, 2.45) is 0 Å². The van der Waals surface area contributed by atoms with Crippen molar-refractivity contribution in [3.8, 4) is 0 Å². The van der Waals surface area contributed by atoms with Gasteiger partial charge in [-0.2, -0.15) is 13.2 Å². The lowest BCUT2D eigenvalue weighted by molar-refractivity contribution is -0.139. The van der Waals surface area contributed by atoms with Crippen LogP contribution in [0.4, 0.5) is 13.2 Å². The lowest BCUT2D eigenvalue weighted by Gasteiger charge is -2.22. The van der Waals surface area contributed by atoms with Gasteiger partial charge in [-0.3, -0.25) is 0 Å². The molecule has 0 amide bonds. The Morgan fingerprint density at radius 2 is 1.84 bits per heavy atom. The quantitative estimate of drug-likeness (QED) is 0.866. The van der Waals surface area contributed by atoms with Crippen molar-refractivity contribution in [1.82, 2.24) is 5.32 Å². The Bertz CT molecular complexity index is 440. The molecular formula is C15H20F3N. The smallest absolute Gasteiger partial charge is 0.307 e. The number of halogens is 3. The molecule has 0 bridgehead atoms. The first-order valence-electron chi connectivity index (χ1n) is 6.79. The Labute approximate surface area is 112 Å². The van der Waals surface area contributed by atoms with Crippen LogP contribution in [0.15, 0.2) is 18.2 Å². The van der Waals surface area contributed by atoms with E-state index in [2.05, 4.69) is 17.4 Å². The lowest BCUT2D eigenvalue weighted by Crippen LogP contribution is -2.33. The summed E-state index contributed by atoms with van der Waals surface area (Å²) in [6, 6.07) is 5.67. The van der Waals surface area contributed by atoms with Gasteiger partial charge in [-0.05, 0) is 49.8 Å². The van der Waals surface area contributed by atoms with Gasteiger partial charge in [0.1, 0.15) is 0 Å². The molecule has 1 nitrogen and oxygen atoms in total. The Balaban J connectivity index is 1.98. The van der Waals surface area contributed by atoms with Crippen molar-refractivity contribution >= 4 is 0 Å². The summed E-state index contributed by atoms with van der Waals surface area (Å²) in [5.41, 5.74) is 3.82. The van der Waals surface area contributed by atoms with E-state index >= 15 is 0 Å². The highest BCUT2D eigenvalue weighted by Gasteiger charge is 2.30. The van der Waals surface area contributed by atoms with Gasteiger partial charge >= 0.3 is 6.18 Å². The normalized spacial score (nSPS) is 18.2. The fourth-order valence-electron chi connectivity index (χ4n) is 2.79. The van der Waals surface area contributed by atoms with Crippen LogP contribution in [0.2, 0.25) is 0 Å². The molecule has 0 radical (unpaired) electrons. The average Bonchev–Trinajstić information content (AvgIpc) is 2.72. The monoisotopic (exact) mass is 271 g/mol. The lowest BCUT2D eigenvalue weighted by atomic mass is 10.0. The van der Waals surface area contributed by atoms with Crippen molar-refractivity contribution in [3.63, 3.8) is 0 Å². The molecule has 0 heterocycles. The second-order valence-corrected chi connectivity index (χ2v) is 5.49. The second kappa shape index (κ2) is 5.53. The van der Waals surface area contributed by atoms with Gasteiger partial charge in [0.15, 0.2) is 0 Å². The third-order valence-corrected chi connectivity index (χ3v) is 3.69. The predicted octanol–water partition coefficient (Wildman–Crippen LogP) is 4.17. The second-order valence-electron chi connectivity index (χ2n) is 5.49. The number of hydrogen-bond donors (Lipinski definition) is 1. The van der Waals surface area contributed by atoms with E-state index in [9.17, 15) is 13.2 Å². The Kier molecular flexibility index (Phi) is 4.19. The van der Waals surface area contributed by atoms with E-state index in [4.69, 9.17) is 0 Å². The number of hydrogen-bond acceptors (Lipinski definition) is 1. The molecule has 0 spiro atoms. The molecule has 1 N–H and O–H groups in total. The van der Waals surface area contributed by atoms with Gasteiger partial charge in [0.25, 0.3) is 0 Å². The largest absolute Gasteiger partial charge is 0.390 e. The first-order valence-corrected chi connectivity index (χ1v) is 6.79. The van der Waals surface area contributed by atoms with E-state index in [1.807, 2.05) is 13.0 Å². The van der Waals surface area contributed by atoms with Crippen LogP contribution >= 0.6 is 0 Å². The number of benzene rings is 1. The number of nitrogens with one attached hydrogen (secondary N) is 1. The highest BCUT2D eigenvalue weighted by molar-refractivity contribution is 5.36. The average molecular weight is 271 g/mol. The third kappa shape index (κ3) is 3.96. The maximum absolute atomic E-state index is 12.3. The molecule has 1 aliphatic rings. The van der Waals surface area contributed by atoms with Crippen LogP contribution in [0, 0.1) is 0 Å². The zero-order chi connectivity index (χ0) is 14.0. The predicted molar refractivity (Wildman–Crippen MR) is 70.2 cm³/mol. The molecule has 2 rings (SSSR count). The molecule has 4 heteroatoms. The van der Waals surface area contributed by atoms with Crippen molar-refractivity contribution in [2.75, 3.05) is 0 Å². The van der Waals surface area contributed by atoms with E-state index in [1.54, 1.807) is 6.92 Å². The topological polar surface area (TPSA) is 12.0 Å². The van der Waals surface area contributed by atoms with E-state index in [-0.39, 0.29) is 6.04 Å². The first-order chi connectivity index (χ1) is 8.85. The summed E-state index contributed by atoms with van der Waals surface area (Å²) in [6.07, 6.45) is -1.49. The van der Waals surface area contributed by atoms with E-state index < -0.39 is 18.6 Å². The van der Waals surface area contributed by atoms with Gasteiger partial charge in [-0.25, -0.2) is 0 Å². The molecule has 1 aliphatic carbocycles. The number of fused-ring (bicyclic) bond motifs is 1. The molecule has 0 aliphatic heterocycles. The highest BCUT2D eigenvalue weighted by Crippen LogP contribution is 2.27. The Morgan fingerprint density at radius 1 is 1.16 bits per heavy atom. The number of aryl methyl sites for hydroxylation is 2. The zero-order valence-corrected chi connectivity index (χ0v) is 11.3. The summed E-state index contributed by atoms with van der Waals surface area (Å²) in [6.45, 7) is 3.50. The van der Waals surface area contributed by atoms with E-state index in [1.165, 1.54) is 17.5 Å². The summed E-state index contributed by atoms with van der Waals surface area (Å²) in [4.78, 5) is 0. The maximum atomic E-state index is 12.3. The summed E-state index contributed by atoms with van der Waals surface area (Å²) in [5, 5.41) is 3.02. The maximum Gasteiger partial charge on any atom is 0.390 e. The summed E-state index contributed by atoms with van der Waals surface area (Å²) >= 11 is 0. The summed E-state index contributed by atoms with van der Waals surface area (Å²) in [5.74, 6) is 0. The van der Waals surface area contributed by atoms with Crippen LogP contribution in [0.1, 0.15) is 49.4 Å². The van der Waals surface area contributed by atoms with Crippen LogP contribution in [-0.2, 0) is 12.8 Å². The number of rotatable bonds is 4. The van der Waals surface area contributed by atoms with Gasteiger partial charge in [-0.15, -0.1) is 0 Å². The van der Waals surface area contributed by atoms with Crippen LogP contribution in [0.3, 0.4) is 0 Å². The highest BCUT2D eigenvalue weighted by atomic mass is 19.4. The Hall–Kier alpha value is -1.03. The van der Waals surface area contributed by atoms with Gasteiger partial charge in [0.2, 0.25) is 0 Å². The fourth-order valence-corrected chi connectivity index (χ4v) is 2.79. The molecule has 0 saturated carbocycles. The van der Waals surface area contributed by atoms with Gasteiger partial charge in [0, 0.05) is 12.1 Å². The molecule has 2 unspecified atom stereocenters. The fraction of sp³-hybridized carbons (Fsp3) is 0.600. The molecular weight excluding hydrogens is 251 g/mol. The first kappa shape index (κ1) is 14.4. The van der Waals surface area contributed by atoms with Gasteiger partial charge < -0.3 is 5.32 Å². The summed E-state index contributed by atoms with van der Waals surface area (Å²) < 4.78 is 36.9. The zero-order valence-electron chi connectivity index (χ0n) is 11.3. The molecule has 19 heavy (non-hydrogen) atoms. The molecule has 106 valence electrons. The SMILES string of the molecule is CC(CC(F)(F)F)NC(C)c1ccc2c(c1)CCC2. The third-order valence-electron chi connectivity index (χ3n) is 3.69. The molecule has 0 saturated heterocycles. The van der Waals surface area contributed by atoms with Crippen LogP contribution in [-0.4, -0.2) is 12.2 Å². The van der Waals surface area contributed by atoms with Crippen molar-refractivity contribution in [1.29, 1.82) is 0 Å². The van der Waals surface area contributed by atoms with E-state index in [0.717, 1.165) is 18.4 Å². The summed E-state index contributed by atoms with van der Waals surface area (Å²) in [7, 11) is 0. The van der Waals surface area contributed by atoms with Crippen molar-refractivity contribution in [2.45, 2.75) is 57.8 Å². The molecule has 2 atom stereocenters. The minimum Gasteiger partial charge on any atom is -0.307 e. The van der Waals surface area contributed by atoms with Crippen molar-refractivity contribution in [3.05, 3.63) is 34.9 Å². The molecule has 1 aromatic carbocycles. The number of alkyl halides is 3. The van der Waals surface area contributed by atoms with Gasteiger partial charge in [0.05, 0.1) is 6.42 Å². The standard InChI is InChI=1S/C15H20F3N/c1-10(9-15(16,17)18)19-11(2)13-7-6-12-4-3-5-14(12)8-13/h6-8,10-11,19H,3-5,9H2,1-2H3. The molecule has 0 aromatic heterocycles. The van der Waals surface area contributed by atoms with Crippen molar-refractivity contribution < 1.29 is 13.2 Å². The minimum atomic E-state index is -4.11.